The molecule has 0 radical (unpaired) electrons. The third kappa shape index (κ3) is 3.97. The number of pyridine rings is 1. The summed E-state index contributed by atoms with van der Waals surface area (Å²) in [4.78, 5) is 18.6. The number of hydrogen-bond donors (Lipinski definition) is 1. The van der Waals surface area contributed by atoms with Gasteiger partial charge in [0.25, 0.3) is 0 Å². The molecule has 1 amide bonds. The summed E-state index contributed by atoms with van der Waals surface area (Å²) in [5, 5.41) is 3.48. The largest absolute Gasteiger partial charge is 0.312 e. The molecule has 1 N–H and O–H groups in total. The van der Waals surface area contributed by atoms with E-state index in [0.29, 0.717) is 13.0 Å². The molecule has 0 fully saturated rings. The van der Waals surface area contributed by atoms with Crippen molar-refractivity contribution in [2.24, 2.45) is 0 Å². The van der Waals surface area contributed by atoms with Crippen molar-refractivity contribution in [2.75, 3.05) is 18.0 Å². The van der Waals surface area contributed by atoms with Gasteiger partial charge in [-0.2, -0.15) is 0 Å². The number of anilines is 1. The second kappa shape index (κ2) is 8.36. The lowest BCUT2D eigenvalue weighted by Gasteiger charge is -2.19. The molecule has 3 aromatic rings. The Morgan fingerprint density at radius 1 is 1.04 bits per heavy atom. The predicted octanol–water partition coefficient (Wildman–Crippen LogP) is 4.38. The van der Waals surface area contributed by atoms with Gasteiger partial charge in [-0.25, -0.2) is 0 Å². The molecule has 1 atom stereocenters. The summed E-state index contributed by atoms with van der Waals surface area (Å²) < 4.78 is 0. The summed E-state index contributed by atoms with van der Waals surface area (Å²) >= 11 is 0. The first kappa shape index (κ1) is 18.4. The second-order valence-corrected chi connectivity index (χ2v) is 7.21. The minimum absolute atomic E-state index is 0.192. The van der Waals surface area contributed by atoms with E-state index in [-0.39, 0.29) is 11.9 Å². The van der Waals surface area contributed by atoms with Crippen LogP contribution in [-0.2, 0) is 11.2 Å². The number of fused-ring (bicyclic) bond motifs is 1. The summed E-state index contributed by atoms with van der Waals surface area (Å²) in [6.45, 7) is 3.60. The van der Waals surface area contributed by atoms with Crippen molar-refractivity contribution < 1.29 is 4.79 Å². The highest BCUT2D eigenvalue weighted by Gasteiger charge is 2.23. The number of para-hydroxylation sites is 1. The molecule has 0 aliphatic carbocycles. The van der Waals surface area contributed by atoms with Gasteiger partial charge < -0.3 is 10.2 Å². The van der Waals surface area contributed by atoms with Crippen LogP contribution in [0.1, 0.15) is 30.5 Å². The van der Waals surface area contributed by atoms with Crippen LogP contribution in [0.25, 0.3) is 11.1 Å². The first-order valence-electron chi connectivity index (χ1n) is 9.84. The normalized spacial score (nSPS) is 14.0. The average molecular weight is 371 g/mol. The Balaban J connectivity index is 1.30. The van der Waals surface area contributed by atoms with Crippen LogP contribution in [0, 0.1) is 0 Å². The van der Waals surface area contributed by atoms with E-state index in [4.69, 9.17) is 0 Å². The number of carbonyl (C=O) groups is 1. The highest BCUT2D eigenvalue weighted by Crippen LogP contribution is 2.28. The lowest BCUT2D eigenvalue weighted by atomic mass is 10.0. The Morgan fingerprint density at radius 2 is 1.75 bits per heavy atom. The topological polar surface area (TPSA) is 45.2 Å². The van der Waals surface area contributed by atoms with E-state index in [0.717, 1.165) is 18.7 Å². The van der Waals surface area contributed by atoms with Crippen molar-refractivity contribution in [3.8, 4) is 11.1 Å². The quantitative estimate of drug-likeness (QED) is 0.699. The number of benzene rings is 2. The molecule has 1 unspecified atom stereocenters. The van der Waals surface area contributed by atoms with Crippen LogP contribution in [0.5, 0.6) is 0 Å². The maximum absolute atomic E-state index is 12.6. The van der Waals surface area contributed by atoms with E-state index < -0.39 is 0 Å². The van der Waals surface area contributed by atoms with Crippen LogP contribution in [-0.4, -0.2) is 24.0 Å². The molecule has 0 bridgehead atoms. The van der Waals surface area contributed by atoms with Gasteiger partial charge in [-0.3, -0.25) is 9.78 Å². The molecule has 0 saturated carbocycles. The Labute approximate surface area is 166 Å². The number of nitrogens with zero attached hydrogens (tertiary/aromatic N) is 2. The van der Waals surface area contributed by atoms with Gasteiger partial charge in [0.2, 0.25) is 5.91 Å². The van der Waals surface area contributed by atoms with Crippen molar-refractivity contribution in [3.63, 3.8) is 0 Å². The van der Waals surface area contributed by atoms with Crippen molar-refractivity contribution in [1.29, 1.82) is 0 Å². The van der Waals surface area contributed by atoms with Gasteiger partial charge in [-0.15, -0.1) is 0 Å². The number of amides is 1. The number of aromatic nitrogens is 1. The van der Waals surface area contributed by atoms with E-state index in [1.807, 2.05) is 47.6 Å². The second-order valence-electron chi connectivity index (χ2n) is 7.21. The molecule has 0 saturated heterocycles. The summed E-state index contributed by atoms with van der Waals surface area (Å²) in [6, 6.07) is 21.0. The van der Waals surface area contributed by atoms with Crippen molar-refractivity contribution in [3.05, 3.63) is 84.2 Å². The van der Waals surface area contributed by atoms with E-state index >= 15 is 0 Å². The van der Waals surface area contributed by atoms with Crippen LogP contribution in [0.3, 0.4) is 0 Å². The van der Waals surface area contributed by atoms with Gasteiger partial charge in [0, 0.05) is 43.6 Å². The number of carbonyl (C=O) groups excluding carboxylic acids is 1. The van der Waals surface area contributed by atoms with Crippen molar-refractivity contribution >= 4 is 11.6 Å². The lowest BCUT2D eigenvalue weighted by Crippen LogP contribution is -2.32. The Morgan fingerprint density at radius 3 is 2.54 bits per heavy atom. The molecule has 1 aliphatic heterocycles. The van der Waals surface area contributed by atoms with Gasteiger partial charge in [0.05, 0.1) is 0 Å². The molecular formula is C24H25N3O. The summed E-state index contributed by atoms with van der Waals surface area (Å²) in [6.07, 6.45) is 5.08. The molecular weight excluding hydrogens is 346 g/mol. The van der Waals surface area contributed by atoms with Crippen LogP contribution >= 0.6 is 0 Å². The monoisotopic (exact) mass is 371 g/mol. The van der Waals surface area contributed by atoms with Gasteiger partial charge in [0.15, 0.2) is 0 Å². The van der Waals surface area contributed by atoms with Crippen LogP contribution in [0.15, 0.2) is 73.1 Å². The molecule has 4 heteroatoms. The summed E-state index contributed by atoms with van der Waals surface area (Å²) in [5.41, 5.74) is 5.91. The SMILES string of the molecule is CC(NCCC(=O)N1CCc2ccccc21)c1ccc(-c2ccncc2)cc1. The van der Waals surface area contributed by atoms with Gasteiger partial charge in [-0.05, 0) is 53.8 Å². The molecule has 2 aromatic carbocycles. The fraction of sp³-hybridized carbons (Fsp3) is 0.250. The molecule has 0 spiro atoms. The van der Waals surface area contributed by atoms with E-state index in [1.54, 1.807) is 0 Å². The standard InChI is InChI=1S/C24H25N3O/c1-18(19-6-8-20(9-7-19)21-10-14-25-15-11-21)26-16-12-24(28)27-17-13-22-4-2-3-5-23(22)27/h2-11,14-15,18,26H,12-13,16-17H2,1H3. The Hall–Kier alpha value is -2.98. The van der Waals surface area contributed by atoms with Crippen LogP contribution < -0.4 is 10.2 Å². The Bertz CT molecular complexity index is 938. The Kier molecular flexibility index (Phi) is 5.49. The number of hydrogen-bond acceptors (Lipinski definition) is 3. The molecule has 142 valence electrons. The minimum Gasteiger partial charge on any atom is -0.312 e. The predicted molar refractivity (Wildman–Crippen MR) is 113 cm³/mol. The van der Waals surface area contributed by atoms with Crippen LogP contribution in [0.2, 0.25) is 0 Å². The van der Waals surface area contributed by atoms with Crippen molar-refractivity contribution in [1.82, 2.24) is 10.3 Å². The lowest BCUT2D eigenvalue weighted by molar-refractivity contribution is -0.118. The van der Waals surface area contributed by atoms with Crippen LogP contribution in [0.4, 0.5) is 5.69 Å². The zero-order chi connectivity index (χ0) is 19.3. The molecule has 4 nitrogen and oxygen atoms in total. The molecule has 4 rings (SSSR count). The zero-order valence-corrected chi connectivity index (χ0v) is 16.1. The third-order valence-corrected chi connectivity index (χ3v) is 5.40. The van der Waals surface area contributed by atoms with Gasteiger partial charge in [0.1, 0.15) is 0 Å². The number of rotatable bonds is 6. The first-order chi connectivity index (χ1) is 13.7. The highest BCUT2D eigenvalue weighted by atomic mass is 16.2. The fourth-order valence-electron chi connectivity index (χ4n) is 3.75. The van der Waals surface area contributed by atoms with Gasteiger partial charge >= 0.3 is 0 Å². The maximum Gasteiger partial charge on any atom is 0.228 e. The maximum atomic E-state index is 12.6. The van der Waals surface area contributed by atoms with Gasteiger partial charge in [-0.1, -0.05) is 42.5 Å². The average Bonchev–Trinajstić information content (AvgIpc) is 3.19. The molecule has 1 aliphatic rings. The van der Waals surface area contributed by atoms with E-state index in [9.17, 15) is 4.79 Å². The zero-order valence-electron chi connectivity index (χ0n) is 16.1. The first-order valence-corrected chi connectivity index (χ1v) is 9.84. The minimum atomic E-state index is 0.192. The van der Waals surface area contributed by atoms with E-state index in [1.165, 1.54) is 22.3 Å². The highest BCUT2D eigenvalue weighted by molar-refractivity contribution is 5.95. The molecule has 28 heavy (non-hydrogen) atoms. The van der Waals surface area contributed by atoms with Crippen molar-refractivity contribution in [2.45, 2.75) is 25.8 Å². The molecule has 2 heterocycles. The number of nitrogens with one attached hydrogen (secondary N) is 1. The summed E-state index contributed by atoms with van der Waals surface area (Å²) in [5.74, 6) is 0.192. The smallest absolute Gasteiger partial charge is 0.228 e. The fourth-order valence-corrected chi connectivity index (χ4v) is 3.75. The summed E-state index contributed by atoms with van der Waals surface area (Å²) in [7, 11) is 0. The molecule has 1 aromatic heterocycles. The van der Waals surface area contributed by atoms with E-state index in [2.05, 4.69) is 47.6 Å². The third-order valence-electron chi connectivity index (χ3n) is 5.40.